The number of ether oxygens (including phenoxy) is 1. The lowest BCUT2D eigenvalue weighted by Crippen LogP contribution is -2.23. The number of carbonyl (C=O) groups excluding carboxylic acids is 1. The fraction of sp³-hybridized carbons (Fsp3) is 0.235. The molecule has 0 saturated heterocycles. The van der Waals surface area contributed by atoms with Crippen molar-refractivity contribution in [3.8, 4) is 5.75 Å². The Morgan fingerprint density at radius 1 is 1.14 bits per heavy atom. The molecule has 0 aliphatic heterocycles. The van der Waals surface area contributed by atoms with Crippen LogP contribution >= 0.6 is 0 Å². The molecule has 0 radical (unpaired) electrons. The van der Waals surface area contributed by atoms with Crippen molar-refractivity contribution in [2.45, 2.75) is 19.4 Å². The van der Waals surface area contributed by atoms with Gasteiger partial charge in [0.05, 0.1) is 7.11 Å². The highest BCUT2D eigenvalue weighted by Gasteiger charge is 2.04. The summed E-state index contributed by atoms with van der Waals surface area (Å²) in [6.45, 7) is 0.342. The van der Waals surface area contributed by atoms with E-state index in [1.165, 1.54) is 12.1 Å². The molecule has 1 N–H and O–H groups in total. The van der Waals surface area contributed by atoms with Crippen molar-refractivity contribution in [2.24, 2.45) is 0 Å². The molecule has 0 bridgehead atoms. The fourth-order valence-electron chi connectivity index (χ4n) is 2.02. The number of hydrogen-bond donors (Lipinski definition) is 1. The van der Waals surface area contributed by atoms with Crippen molar-refractivity contribution >= 4 is 5.91 Å². The second-order valence-corrected chi connectivity index (χ2v) is 4.76. The van der Waals surface area contributed by atoms with Crippen LogP contribution in [0.25, 0.3) is 0 Å². The Balaban J connectivity index is 1.79. The molecule has 4 heteroatoms. The SMILES string of the molecule is COc1cccc(CCC(=O)NCc2cccc(F)c2)c1. The summed E-state index contributed by atoms with van der Waals surface area (Å²) in [4.78, 5) is 11.8. The Hall–Kier alpha value is -2.36. The standard InChI is InChI=1S/C17H18FNO2/c1-21-16-7-3-4-13(11-16)8-9-17(20)19-12-14-5-2-6-15(18)10-14/h2-7,10-11H,8-9,12H2,1H3,(H,19,20). The molecule has 2 aromatic rings. The molecule has 0 aliphatic carbocycles. The van der Waals surface area contributed by atoms with Crippen molar-refractivity contribution in [1.29, 1.82) is 0 Å². The van der Waals surface area contributed by atoms with Crippen LogP contribution in [0.15, 0.2) is 48.5 Å². The largest absolute Gasteiger partial charge is 0.497 e. The maximum Gasteiger partial charge on any atom is 0.220 e. The van der Waals surface area contributed by atoms with Gasteiger partial charge in [-0.15, -0.1) is 0 Å². The van der Waals surface area contributed by atoms with Crippen LogP contribution < -0.4 is 10.1 Å². The number of rotatable bonds is 6. The fourth-order valence-corrected chi connectivity index (χ4v) is 2.02. The average molecular weight is 287 g/mol. The van der Waals surface area contributed by atoms with E-state index < -0.39 is 0 Å². The Labute approximate surface area is 123 Å². The quantitative estimate of drug-likeness (QED) is 0.886. The van der Waals surface area contributed by atoms with Gasteiger partial charge in [-0.25, -0.2) is 4.39 Å². The van der Waals surface area contributed by atoms with E-state index in [-0.39, 0.29) is 11.7 Å². The molecule has 21 heavy (non-hydrogen) atoms. The topological polar surface area (TPSA) is 38.3 Å². The molecule has 0 fully saturated rings. The zero-order valence-electron chi connectivity index (χ0n) is 11.9. The lowest BCUT2D eigenvalue weighted by atomic mass is 10.1. The van der Waals surface area contributed by atoms with Crippen LogP contribution in [-0.2, 0) is 17.8 Å². The van der Waals surface area contributed by atoms with Gasteiger partial charge in [-0.05, 0) is 41.8 Å². The molecule has 110 valence electrons. The molecule has 2 aromatic carbocycles. The van der Waals surface area contributed by atoms with E-state index >= 15 is 0 Å². The van der Waals surface area contributed by atoms with Gasteiger partial charge in [0.25, 0.3) is 0 Å². The van der Waals surface area contributed by atoms with Crippen molar-refractivity contribution < 1.29 is 13.9 Å². The van der Waals surface area contributed by atoms with E-state index in [2.05, 4.69) is 5.32 Å². The second kappa shape index (κ2) is 7.43. The minimum atomic E-state index is -0.293. The first-order valence-electron chi connectivity index (χ1n) is 6.81. The number of benzene rings is 2. The van der Waals surface area contributed by atoms with Gasteiger partial charge >= 0.3 is 0 Å². The third-order valence-electron chi connectivity index (χ3n) is 3.15. The molecule has 3 nitrogen and oxygen atoms in total. The second-order valence-electron chi connectivity index (χ2n) is 4.76. The molecule has 0 saturated carbocycles. The summed E-state index contributed by atoms with van der Waals surface area (Å²) in [6, 6.07) is 13.9. The zero-order chi connectivity index (χ0) is 15.1. The van der Waals surface area contributed by atoms with Crippen LogP contribution in [0, 0.1) is 5.82 Å². The summed E-state index contributed by atoms with van der Waals surface area (Å²) in [5, 5.41) is 2.79. The van der Waals surface area contributed by atoms with Crippen molar-refractivity contribution in [3.05, 3.63) is 65.5 Å². The number of methoxy groups -OCH3 is 1. The molecule has 0 atom stereocenters. The molecule has 0 heterocycles. The van der Waals surface area contributed by atoms with Gasteiger partial charge in [-0.3, -0.25) is 4.79 Å². The van der Waals surface area contributed by atoms with Gasteiger partial charge in [0, 0.05) is 13.0 Å². The highest BCUT2D eigenvalue weighted by molar-refractivity contribution is 5.76. The first-order valence-corrected chi connectivity index (χ1v) is 6.81. The summed E-state index contributed by atoms with van der Waals surface area (Å²) < 4.78 is 18.1. The van der Waals surface area contributed by atoms with Gasteiger partial charge in [-0.2, -0.15) is 0 Å². The molecular weight excluding hydrogens is 269 g/mol. The number of carbonyl (C=O) groups is 1. The van der Waals surface area contributed by atoms with Gasteiger partial charge in [0.2, 0.25) is 5.91 Å². The van der Waals surface area contributed by atoms with E-state index in [9.17, 15) is 9.18 Å². The van der Waals surface area contributed by atoms with Crippen LogP contribution in [0.4, 0.5) is 4.39 Å². The molecule has 0 unspecified atom stereocenters. The zero-order valence-corrected chi connectivity index (χ0v) is 11.9. The molecule has 0 aliphatic rings. The molecule has 0 spiro atoms. The predicted octanol–water partition coefficient (Wildman–Crippen LogP) is 3.08. The number of amides is 1. The van der Waals surface area contributed by atoms with Gasteiger partial charge in [-0.1, -0.05) is 24.3 Å². The minimum absolute atomic E-state index is 0.0536. The van der Waals surface area contributed by atoms with Crippen LogP contribution in [0.3, 0.4) is 0 Å². The molecule has 0 aromatic heterocycles. The third kappa shape index (κ3) is 4.91. The Morgan fingerprint density at radius 3 is 2.67 bits per heavy atom. The summed E-state index contributed by atoms with van der Waals surface area (Å²) in [7, 11) is 1.62. The first-order chi connectivity index (χ1) is 10.2. The lowest BCUT2D eigenvalue weighted by molar-refractivity contribution is -0.121. The highest BCUT2D eigenvalue weighted by atomic mass is 19.1. The summed E-state index contributed by atoms with van der Waals surface area (Å²) in [5.41, 5.74) is 1.81. The molecule has 2 rings (SSSR count). The molecule has 1 amide bonds. The average Bonchev–Trinajstić information content (AvgIpc) is 2.51. The summed E-state index contributed by atoms with van der Waals surface area (Å²) in [6.07, 6.45) is 1.04. The van der Waals surface area contributed by atoms with Crippen molar-refractivity contribution in [1.82, 2.24) is 5.32 Å². The number of nitrogens with one attached hydrogen (secondary N) is 1. The van der Waals surface area contributed by atoms with Gasteiger partial charge in [0.1, 0.15) is 11.6 Å². The van der Waals surface area contributed by atoms with Crippen LogP contribution in [0.2, 0.25) is 0 Å². The normalized spacial score (nSPS) is 10.2. The van der Waals surface area contributed by atoms with Crippen LogP contribution in [0.1, 0.15) is 17.5 Å². The minimum Gasteiger partial charge on any atom is -0.497 e. The van der Waals surface area contributed by atoms with Crippen LogP contribution in [0.5, 0.6) is 5.75 Å². The monoisotopic (exact) mass is 287 g/mol. The maximum absolute atomic E-state index is 13.0. The van der Waals surface area contributed by atoms with Gasteiger partial charge in [0.15, 0.2) is 0 Å². The Kier molecular flexibility index (Phi) is 5.32. The summed E-state index contributed by atoms with van der Waals surface area (Å²) >= 11 is 0. The van der Waals surface area contributed by atoms with Gasteiger partial charge < -0.3 is 10.1 Å². The Bertz CT molecular complexity index is 613. The highest BCUT2D eigenvalue weighted by Crippen LogP contribution is 2.13. The first kappa shape index (κ1) is 15.0. The van der Waals surface area contributed by atoms with E-state index in [1.54, 1.807) is 19.2 Å². The summed E-state index contributed by atoms with van der Waals surface area (Å²) in [5.74, 6) is 0.438. The smallest absolute Gasteiger partial charge is 0.220 e. The van der Waals surface area contributed by atoms with Crippen molar-refractivity contribution in [2.75, 3.05) is 7.11 Å². The van der Waals surface area contributed by atoms with E-state index in [4.69, 9.17) is 4.74 Å². The third-order valence-corrected chi connectivity index (χ3v) is 3.15. The lowest BCUT2D eigenvalue weighted by Gasteiger charge is -2.07. The van der Waals surface area contributed by atoms with E-state index in [0.29, 0.717) is 19.4 Å². The Morgan fingerprint density at radius 2 is 1.90 bits per heavy atom. The number of hydrogen-bond acceptors (Lipinski definition) is 2. The van der Waals surface area contributed by atoms with E-state index in [1.807, 2.05) is 24.3 Å². The number of halogens is 1. The number of aryl methyl sites for hydroxylation is 1. The van der Waals surface area contributed by atoms with Crippen LogP contribution in [-0.4, -0.2) is 13.0 Å². The van der Waals surface area contributed by atoms with E-state index in [0.717, 1.165) is 16.9 Å². The predicted molar refractivity (Wildman–Crippen MR) is 79.6 cm³/mol. The van der Waals surface area contributed by atoms with Crippen molar-refractivity contribution in [3.63, 3.8) is 0 Å². The molecular formula is C17H18FNO2. The maximum atomic E-state index is 13.0.